The summed E-state index contributed by atoms with van der Waals surface area (Å²) in [5.41, 5.74) is 1.13. The van der Waals surface area contributed by atoms with Crippen molar-refractivity contribution in [2.75, 3.05) is 19.7 Å². The molecule has 0 radical (unpaired) electrons. The van der Waals surface area contributed by atoms with Gasteiger partial charge in [-0.05, 0) is 55.4 Å². The Labute approximate surface area is 203 Å². The molecule has 1 aliphatic rings. The summed E-state index contributed by atoms with van der Waals surface area (Å²) < 4.78 is 34.0. The molecule has 0 fully saturated rings. The van der Waals surface area contributed by atoms with Crippen molar-refractivity contribution < 1.29 is 23.2 Å². The number of amides is 1. The van der Waals surface area contributed by atoms with E-state index >= 15 is 0 Å². The van der Waals surface area contributed by atoms with Crippen LogP contribution < -0.4 is 0 Å². The van der Waals surface area contributed by atoms with Gasteiger partial charge in [0, 0.05) is 24.6 Å². The summed E-state index contributed by atoms with van der Waals surface area (Å²) in [6, 6.07) is 7.02. The summed E-state index contributed by atoms with van der Waals surface area (Å²) in [6.45, 7) is 8.11. The van der Waals surface area contributed by atoms with E-state index in [-0.39, 0.29) is 54.4 Å². The summed E-state index contributed by atoms with van der Waals surface area (Å²) in [4.78, 5) is 14.7. The molecule has 2 heterocycles. The summed E-state index contributed by atoms with van der Waals surface area (Å²) >= 11 is 0. The van der Waals surface area contributed by atoms with Gasteiger partial charge in [0.2, 0.25) is 0 Å². The number of carbonyl (C=O) groups excluding carboxylic acids is 1. The molecule has 0 saturated carbocycles. The summed E-state index contributed by atoms with van der Waals surface area (Å²) in [7, 11) is 0. The molecule has 1 N–H and O–H groups in total. The smallest absolute Gasteiger partial charge is 0.276 e. The lowest BCUT2D eigenvalue weighted by Gasteiger charge is -2.42. The second-order valence-electron chi connectivity index (χ2n) is 9.85. The fourth-order valence-corrected chi connectivity index (χ4v) is 5.04. The number of hydrogen-bond acceptors (Lipinski definition) is 6. The molecule has 0 unspecified atom stereocenters. The first-order chi connectivity index (χ1) is 16.6. The highest BCUT2D eigenvalue weighted by Crippen LogP contribution is 2.46. The summed E-state index contributed by atoms with van der Waals surface area (Å²) in [5.74, 6) is -0.813. The number of nitrogens with zero attached hydrogens (tertiary/aromatic N) is 4. The maximum absolute atomic E-state index is 14.5. The van der Waals surface area contributed by atoms with Crippen LogP contribution in [0.25, 0.3) is 11.3 Å². The predicted octanol–water partition coefficient (Wildman–Crippen LogP) is 4.64. The van der Waals surface area contributed by atoms with E-state index in [9.17, 15) is 18.7 Å². The van der Waals surface area contributed by atoms with Gasteiger partial charge < -0.3 is 14.5 Å². The lowest BCUT2D eigenvalue weighted by molar-refractivity contribution is 0.0651. The Morgan fingerprint density at radius 2 is 1.97 bits per heavy atom. The van der Waals surface area contributed by atoms with E-state index in [0.29, 0.717) is 11.5 Å². The minimum atomic E-state index is -0.693. The third kappa shape index (κ3) is 4.82. The first kappa shape index (κ1) is 24.9. The summed E-state index contributed by atoms with van der Waals surface area (Å²) in [5, 5.41) is 22.2. The number of aromatic nitrogens is 3. The van der Waals surface area contributed by atoms with Gasteiger partial charge in [0.1, 0.15) is 17.4 Å². The second-order valence-corrected chi connectivity index (χ2v) is 9.85. The predicted molar refractivity (Wildman–Crippen MR) is 126 cm³/mol. The molecule has 1 amide bonds. The largest absolute Gasteiger partial charge is 0.395 e. The minimum absolute atomic E-state index is 0.120. The molecule has 9 heteroatoms. The van der Waals surface area contributed by atoms with Crippen molar-refractivity contribution in [2.45, 2.75) is 51.9 Å². The van der Waals surface area contributed by atoms with E-state index in [4.69, 9.17) is 4.52 Å². The van der Waals surface area contributed by atoms with E-state index < -0.39 is 17.0 Å². The molecule has 3 aromatic rings. The van der Waals surface area contributed by atoms with E-state index in [0.717, 1.165) is 18.4 Å². The van der Waals surface area contributed by atoms with Crippen LogP contribution in [0.3, 0.4) is 0 Å². The first-order valence-electron chi connectivity index (χ1n) is 11.8. The highest BCUT2D eigenvalue weighted by molar-refractivity contribution is 5.92. The Balaban J connectivity index is 1.75. The maximum Gasteiger partial charge on any atom is 0.276 e. The number of aryl methyl sites for hydroxylation is 1. The Morgan fingerprint density at radius 1 is 1.26 bits per heavy atom. The molecular formula is C26H30F2N4O3. The van der Waals surface area contributed by atoms with Crippen molar-refractivity contribution in [3.05, 3.63) is 64.7 Å². The Kier molecular flexibility index (Phi) is 6.98. The van der Waals surface area contributed by atoms with Gasteiger partial charge in [-0.1, -0.05) is 32.0 Å². The molecule has 186 valence electrons. The van der Waals surface area contributed by atoms with Crippen molar-refractivity contribution in [2.24, 2.45) is 5.92 Å². The second kappa shape index (κ2) is 9.81. The SMILES string of the molecule is Cc1cc(C(=O)N(CCO)C[C@@]2(C)CC[C@H](C(C)C)c3cc(-c4c(F)cccc4F)nnc32)no1. The third-order valence-corrected chi connectivity index (χ3v) is 6.87. The quantitative estimate of drug-likeness (QED) is 0.525. The fourth-order valence-electron chi connectivity index (χ4n) is 5.04. The Bertz CT molecular complexity index is 1210. The van der Waals surface area contributed by atoms with Crippen LogP contribution >= 0.6 is 0 Å². The van der Waals surface area contributed by atoms with Gasteiger partial charge in [-0.2, -0.15) is 10.2 Å². The van der Waals surface area contributed by atoms with Crippen molar-refractivity contribution in [1.82, 2.24) is 20.3 Å². The molecule has 1 aromatic carbocycles. The molecule has 35 heavy (non-hydrogen) atoms. The first-order valence-corrected chi connectivity index (χ1v) is 11.8. The zero-order valence-electron chi connectivity index (χ0n) is 20.4. The number of hydrogen-bond donors (Lipinski definition) is 1. The van der Waals surface area contributed by atoms with Crippen molar-refractivity contribution >= 4 is 5.91 Å². The normalized spacial score (nSPS) is 19.6. The average Bonchev–Trinajstić information content (AvgIpc) is 3.24. The highest BCUT2D eigenvalue weighted by Gasteiger charge is 2.41. The van der Waals surface area contributed by atoms with Crippen LogP contribution in [0, 0.1) is 24.5 Å². The third-order valence-electron chi connectivity index (χ3n) is 6.87. The maximum atomic E-state index is 14.5. The lowest BCUT2D eigenvalue weighted by Crippen LogP contribution is -2.46. The van der Waals surface area contributed by atoms with Crippen LogP contribution in [-0.4, -0.2) is 51.0 Å². The average molecular weight is 485 g/mol. The highest BCUT2D eigenvalue weighted by atomic mass is 19.1. The Morgan fingerprint density at radius 3 is 2.57 bits per heavy atom. The molecule has 1 aliphatic carbocycles. The van der Waals surface area contributed by atoms with Crippen LogP contribution in [0.15, 0.2) is 34.9 Å². The van der Waals surface area contributed by atoms with Gasteiger partial charge in [-0.15, -0.1) is 0 Å². The van der Waals surface area contributed by atoms with Crippen molar-refractivity contribution in [3.63, 3.8) is 0 Å². The van der Waals surface area contributed by atoms with Gasteiger partial charge in [0.15, 0.2) is 5.69 Å². The van der Waals surface area contributed by atoms with Gasteiger partial charge >= 0.3 is 0 Å². The lowest BCUT2D eigenvalue weighted by atomic mass is 9.67. The van der Waals surface area contributed by atoms with Crippen molar-refractivity contribution in [1.29, 1.82) is 0 Å². The number of carbonyl (C=O) groups is 1. The van der Waals surface area contributed by atoms with E-state index in [2.05, 4.69) is 29.2 Å². The van der Waals surface area contributed by atoms with Gasteiger partial charge in [0.05, 0.1) is 23.6 Å². The topological polar surface area (TPSA) is 92.4 Å². The fraction of sp³-hybridized carbons (Fsp3) is 0.462. The zero-order chi connectivity index (χ0) is 25.3. The number of aliphatic hydroxyl groups excluding tert-OH is 1. The van der Waals surface area contributed by atoms with Crippen molar-refractivity contribution in [3.8, 4) is 11.3 Å². The van der Waals surface area contributed by atoms with Gasteiger partial charge in [-0.3, -0.25) is 4.79 Å². The number of fused-ring (bicyclic) bond motifs is 1. The van der Waals surface area contributed by atoms with Crippen LogP contribution in [0.5, 0.6) is 0 Å². The standard InChI is InChI=1S/C26H30F2N4O3/c1-15(2)17-8-9-26(4,14-32(10-11-33)25(34)22-12-16(3)35-31-22)24-18(17)13-21(29-30-24)23-19(27)6-5-7-20(23)28/h5-7,12-13,15,17,33H,8-11,14H2,1-4H3/t17-,26-/m1/s1. The zero-order valence-corrected chi connectivity index (χ0v) is 20.4. The summed E-state index contributed by atoms with van der Waals surface area (Å²) in [6.07, 6.45) is 1.55. The van der Waals surface area contributed by atoms with E-state index in [1.165, 1.54) is 18.2 Å². The molecule has 2 atom stereocenters. The molecular weight excluding hydrogens is 454 g/mol. The molecule has 0 aliphatic heterocycles. The monoisotopic (exact) mass is 484 g/mol. The van der Waals surface area contributed by atoms with Crippen LogP contribution in [0.4, 0.5) is 8.78 Å². The number of rotatable bonds is 7. The number of halogens is 2. The van der Waals surface area contributed by atoms with Crippen LogP contribution in [0.2, 0.25) is 0 Å². The van der Waals surface area contributed by atoms with Gasteiger partial charge in [-0.25, -0.2) is 8.78 Å². The molecule has 0 spiro atoms. The molecule has 0 bridgehead atoms. The molecule has 7 nitrogen and oxygen atoms in total. The number of benzene rings is 1. The van der Waals surface area contributed by atoms with E-state index in [1.54, 1.807) is 24.0 Å². The Hall–Kier alpha value is -3.20. The van der Waals surface area contributed by atoms with E-state index in [1.807, 2.05) is 6.92 Å². The molecule has 2 aromatic heterocycles. The number of aliphatic hydroxyl groups is 1. The van der Waals surface area contributed by atoms with Gasteiger partial charge in [0.25, 0.3) is 5.91 Å². The minimum Gasteiger partial charge on any atom is -0.395 e. The van der Waals surface area contributed by atoms with Crippen LogP contribution in [0.1, 0.15) is 67.0 Å². The molecule has 4 rings (SSSR count). The van der Waals surface area contributed by atoms with Crippen LogP contribution in [-0.2, 0) is 5.41 Å². The molecule has 0 saturated heterocycles.